The van der Waals surface area contributed by atoms with Crippen molar-refractivity contribution in [1.29, 1.82) is 0 Å². The van der Waals surface area contributed by atoms with Gasteiger partial charge in [-0.3, -0.25) is 0 Å². The average Bonchev–Trinajstić information content (AvgIpc) is 2.57. The van der Waals surface area contributed by atoms with Crippen molar-refractivity contribution < 1.29 is 36.2 Å². The maximum atomic E-state index is 12.8. The van der Waals surface area contributed by atoms with Gasteiger partial charge in [-0.1, -0.05) is 12.1 Å². The zero-order valence-electron chi connectivity index (χ0n) is 8.56. The summed E-state index contributed by atoms with van der Waals surface area (Å²) in [4.78, 5) is 0. The van der Waals surface area contributed by atoms with E-state index in [0.717, 1.165) is 18.2 Å². The van der Waals surface area contributed by atoms with Gasteiger partial charge in [-0.05, 0) is 11.6 Å². The van der Waals surface area contributed by atoms with E-state index in [1.54, 1.807) is 0 Å². The zero-order valence-corrected chi connectivity index (χ0v) is 8.56. The smallest absolute Gasteiger partial charge is 0.431 e. The molecule has 1 aliphatic heterocycles. The lowest BCUT2D eigenvalue weighted by molar-refractivity contribution is -0.385. The molecule has 0 aliphatic carbocycles. The second kappa shape index (κ2) is 3.53. The molecule has 2 nitrogen and oxygen atoms in total. The van der Waals surface area contributed by atoms with Gasteiger partial charge in [-0.25, -0.2) is 0 Å². The molecule has 0 amide bonds. The molecule has 1 aliphatic rings. The van der Waals surface area contributed by atoms with Crippen LogP contribution in [0.3, 0.4) is 0 Å². The fraction of sp³-hybridized carbons (Fsp3) is 0.400. The number of fused-ring (bicyclic) bond motifs is 1. The summed E-state index contributed by atoms with van der Waals surface area (Å²) >= 11 is 0. The number of alkyl halides is 6. The quantitative estimate of drug-likeness (QED) is 0.735. The van der Waals surface area contributed by atoms with Crippen LogP contribution in [0.4, 0.5) is 26.3 Å². The van der Waals surface area contributed by atoms with Gasteiger partial charge in [0.1, 0.15) is 5.75 Å². The van der Waals surface area contributed by atoms with E-state index in [0.29, 0.717) is 0 Å². The number of ether oxygens (including phenoxy) is 1. The van der Waals surface area contributed by atoms with Crippen LogP contribution < -0.4 is 0 Å². The summed E-state index contributed by atoms with van der Waals surface area (Å²) < 4.78 is 80.9. The minimum Gasteiger partial charge on any atom is -0.508 e. The largest absolute Gasteiger partial charge is 0.508 e. The van der Waals surface area contributed by atoms with Crippen molar-refractivity contribution in [3.8, 4) is 5.75 Å². The van der Waals surface area contributed by atoms with E-state index >= 15 is 0 Å². The van der Waals surface area contributed by atoms with Gasteiger partial charge in [0.15, 0.2) is 0 Å². The molecule has 1 aromatic rings. The molecule has 2 rings (SSSR count). The second-order valence-electron chi connectivity index (χ2n) is 3.78. The molecule has 0 radical (unpaired) electrons. The fourth-order valence-corrected chi connectivity index (χ4v) is 1.98. The van der Waals surface area contributed by atoms with Crippen molar-refractivity contribution in [3.63, 3.8) is 0 Å². The predicted octanol–water partition coefficient (Wildman–Crippen LogP) is 3.24. The summed E-state index contributed by atoms with van der Waals surface area (Å²) in [6.07, 6.45) is -11.4. The molecular weight excluding hydrogens is 266 g/mol. The summed E-state index contributed by atoms with van der Waals surface area (Å²) in [5, 5.41) is 9.31. The van der Waals surface area contributed by atoms with E-state index < -0.39 is 35.9 Å². The van der Waals surface area contributed by atoms with Gasteiger partial charge in [0, 0.05) is 5.56 Å². The van der Waals surface area contributed by atoms with Crippen molar-refractivity contribution in [2.24, 2.45) is 0 Å². The van der Waals surface area contributed by atoms with E-state index in [1.807, 2.05) is 0 Å². The summed E-state index contributed by atoms with van der Waals surface area (Å²) in [6.45, 7) is -0.858. The molecule has 0 aromatic heterocycles. The Labute approximate surface area is 96.8 Å². The number of halogens is 6. The summed E-state index contributed by atoms with van der Waals surface area (Å²) in [5.41, 5.74) is -6.06. The number of aromatic hydroxyl groups is 1. The number of hydrogen-bond donors (Lipinski definition) is 1. The maximum absolute atomic E-state index is 12.8. The van der Waals surface area contributed by atoms with Crippen LogP contribution in [0, 0.1) is 0 Å². The monoisotopic (exact) mass is 272 g/mol. The maximum Gasteiger partial charge on any atom is 0.431 e. The molecule has 0 atom stereocenters. The molecule has 18 heavy (non-hydrogen) atoms. The van der Waals surface area contributed by atoms with Gasteiger partial charge in [0.2, 0.25) is 0 Å². The normalized spacial score (nSPS) is 18.8. The van der Waals surface area contributed by atoms with Gasteiger partial charge in [-0.15, -0.1) is 0 Å². The lowest BCUT2D eigenvalue weighted by Gasteiger charge is -2.33. The molecule has 8 heteroatoms. The van der Waals surface area contributed by atoms with Crippen LogP contribution in [0.1, 0.15) is 11.1 Å². The highest BCUT2D eigenvalue weighted by Crippen LogP contribution is 2.58. The van der Waals surface area contributed by atoms with Crippen LogP contribution >= 0.6 is 0 Å². The van der Waals surface area contributed by atoms with Gasteiger partial charge in [-0.2, -0.15) is 26.3 Å². The van der Waals surface area contributed by atoms with E-state index in [4.69, 9.17) is 0 Å². The molecule has 0 saturated heterocycles. The Balaban J connectivity index is 2.77. The van der Waals surface area contributed by atoms with E-state index in [-0.39, 0.29) is 5.56 Å². The Morgan fingerprint density at radius 2 is 1.61 bits per heavy atom. The molecule has 100 valence electrons. The minimum absolute atomic E-state index is 0.329. The third-order valence-electron chi connectivity index (χ3n) is 2.72. The molecule has 0 fully saturated rings. The van der Waals surface area contributed by atoms with Crippen LogP contribution in [-0.4, -0.2) is 17.5 Å². The Morgan fingerprint density at radius 1 is 1.06 bits per heavy atom. The standard InChI is InChI=1S/C10H6F6O2/c11-9(12,13)8(10(14,15)16)7-5(4-18-8)2-1-3-6(7)17/h1-3,17H,4H2. The molecule has 0 unspecified atom stereocenters. The molecule has 0 bridgehead atoms. The van der Waals surface area contributed by atoms with Crippen molar-refractivity contribution in [2.75, 3.05) is 0 Å². The molecule has 1 aromatic carbocycles. The molecule has 0 spiro atoms. The van der Waals surface area contributed by atoms with Gasteiger partial charge in [0.05, 0.1) is 6.61 Å². The number of rotatable bonds is 0. The van der Waals surface area contributed by atoms with Crippen LogP contribution in [0.5, 0.6) is 5.75 Å². The topological polar surface area (TPSA) is 29.5 Å². The third-order valence-corrected chi connectivity index (χ3v) is 2.72. The molecule has 1 heterocycles. The van der Waals surface area contributed by atoms with Crippen LogP contribution in [-0.2, 0) is 16.9 Å². The first kappa shape index (κ1) is 13.0. The van der Waals surface area contributed by atoms with E-state index in [9.17, 15) is 31.4 Å². The number of phenolic OH excluding ortho intramolecular Hbond substituents is 1. The minimum atomic E-state index is -5.71. The highest BCUT2D eigenvalue weighted by molar-refractivity contribution is 5.47. The lowest BCUT2D eigenvalue weighted by atomic mass is 9.90. The first-order valence-corrected chi connectivity index (χ1v) is 4.70. The van der Waals surface area contributed by atoms with Crippen molar-refractivity contribution >= 4 is 0 Å². The van der Waals surface area contributed by atoms with Gasteiger partial charge >= 0.3 is 12.4 Å². The highest BCUT2D eigenvalue weighted by atomic mass is 19.4. The summed E-state index contributed by atoms with van der Waals surface area (Å²) in [7, 11) is 0. The van der Waals surface area contributed by atoms with Crippen LogP contribution in [0.15, 0.2) is 18.2 Å². The molecule has 1 N–H and O–H groups in total. The Bertz CT molecular complexity index is 462. The third kappa shape index (κ3) is 1.48. The SMILES string of the molecule is Oc1cccc2c1C(C(F)(F)F)(C(F)(F)F)OC2. The van der Waals surface area contributed by atoms with Crippen molar-refractivity contribution in [1.82, 2.24) is 0 Å². The van der Waals surface area contributed by atoms with Crippen LogP contribution in [0.2, 0.25) is 0 Å². The Hall–Kier alpha value is -1.44. The molecule has 0 saturated carbocycles. The number of hydrogen-bond acceptors (Lipinski definition) is 2. The van der Waals surface area contributed by atoms with Crippen LogP contribution in [0.25, 0.3) is 0 Å². The van der Waals surface area contributed by atoms with E-state index in [1.165, 1.54) is 0 Å². The van der Waals surface area contributed by atoms with Gasteiger partial charge < -0.3 is 9.84 Å². The van der Waals surface area contributed by atoms with Crippen molar-refractivity contribution in [3.05, 3.63) is 29.3 Å². The average molecular weight is 272 g/mol. The first-order chi connectivity index (χ1) is 8.11. The summed E-state index contributed by atoms with van der Waals surface area (Å²) in [6, 6.07) is 2.97. The fourth-order valence-electron chi connectivity index (χ4n) is 1.98. The Morgan fingerprint density at radius 3 is 2.11 bits per heavy atom. The zero-order chi connectivity index (χ0) is 13.8. The van der Waals surface area contributed by atoms with E-state index in [2.05, 4.69) is 4.74 Å². The Kier molecular flexibility index (Phi) is 2.55. The highest BCUT2D eigenvalue weighted by Gasteiger charge is 2.76. The predicted molar refractivity (Wildman–Crippen MR) is 46.7 cm³/mol. The molecular formula is C10H6F6O2. The summed E-state index contributed by atoms with van der Waals surface area (Å²) in [5.74, 6) is -1.08. The lowest BCUT2D eigenvalue weighted by Crippen LogP contribution is -2.53. The van der Waals surface area contributed by atoms with Crippen molar-refractivity contribution in [2.45, 2.75) is 24.6 Å². The first-order valence-electron chi connectivity index (χ1n) is 4.70. The second-order valence-corrected chi connectivity index (χ2v) is 3.78. The number of benzene rings is 1. The number of phenols is 1. The van der Waals surface area contributed by atoms with Gasteiger partial charge in [0.25, 0.3) is 5.60 Å².